The molecule has 61 heavy (non-hydrogen) atoms. The number of ether oxygens (including phenoxy) is 3. The van der Waals surface area contributed by atoms with Crippen LogP contribution in [0.25, 0.3) is 0 Å². The largest absolute Gasteiger partial charge is 0.462 e. The van der Waals surface area contributed by atoms with Crippen molar-refractivity contribution in [1.82, 2.24) is 0 Å². The Morgan fingerprint density at radius 1 is 0.311 bits per heavy atom. The van der Waals surface area contributed by atoms with Crippen LogP contribution in [-0.2, 0) is 28.6 Å². The van der Waals surface area contributed by atoms with Crippen LogP contribution in [0.3, 0.4) is 0 Å². The first-order valence-electron chi connectivity index (χ1n) is 26.8. The fraction of sp³-hybridized carbons (Fsp3) is 0.873. The van der Waals surface area contributed by atoms with Crippen LogP contribution in [-0.4, -0.2) is 37.2 Å². The molecule has 0 aliphatic heterocycles. The molecule has 0 aromatic heterocycles. The molecule has 0 heterocycles. The fourth-order valence-corrected chi connectivity index (χ4v) is 7.84. The van der Waals surface area contributed by atoms with Crippen LogP contribution in [0.15, 0.2) is 24.3 Å². The van der Waals surface area contributed by atoms with E-state index in [-0.39, 0.29) is 31.1 Å². The van der Waals surface area contributed by atoms with E-state index in [2.05, 4.69) is 45.1 Å². The number of esters is 3. The summed E-state index contributed by atoms with van der Waals surface area (Å²) in [7, 11) is 0. The molecule has 0 aromatic carbocycles. The molecule has 0 unspecified atom stereocenters. The molecule has 0 saturated heterocycles. The van der Waals surface area contributed by atoms with Crippen LogP contribution < -0.4 is 0 Å². The smallest absolute Gasteiger partial charge is 0.306 e. The van der Waals surface area contributed by atoms with Crippen LogP contribution in [0, 0.1) is 0 Å². The number of unbranched alkanes of at least 4 members (excludes halogenated alkanes) is 34. The molecule has 6 heteroatoms. The summed E-state index contributed by atoms with van der Waals surface area (Å²) >= 11 is 0. The van der Waals surface area contributed by atoms with Crippen LogP contribution >= 0.6 is 0 Å². The van der Waals surface area contributed by atoms with Crippen molar-refractivity contribution in [3.8, 4) is 0 Å². The van der Waals surface area contributed by atoms with Gasteiger partial charge in [0.05, 0.1) is 0 Å². The van der Waals surface area contributed by atoms with Gasteiger partial charge in [-0.25, -0.2) is 0 Å². The second-order valence-corrected chi connectivity index (χ2v) is 18.1. The number of carbonyl (C=O) groups is 3. The van der Waals surface area contributed by atoms with Crippen molar-refractivity contribution in [3.63, 3.8) is 0 Å². The Labute approximate surface area is 379 Å². The molecule has 0 N–H and O–H groups in total. The maximum atomic E-state index is 12.8. The van der Waals surface area contributed by atoms with Crippen molar-refractivity contribution in [2.45, 2.75) is 297 Å². The van der Waals surface area contributed by atoms with Gasteiger partial charge in [0.1, 0.15) is 13.2 Å². The summed E-state index contributed by atoms with van der Waals surface area (Å²) in [4.78, 5) is 38.0. The lowest BCUT2D eigenvalue weighted by molar-refractivity contribution is -0.167. The average molecular weight is 859 g/mol. The molecule has 6 nitrogen and oxygen atoms in total. The van der Waals surface area contributed by atoms with E-state index in [4.69, 9.17) is 14.2 Å². The second kappa shape index (κ2) is 50.5. The molecule has 0 bridgehead atoms. The van der Waals surface area contributed by atoms with Gasteiger partial charge in [0, 0.05) is 19.3 Å². The van der Waals surface area contributed by atoms with Crippen molar-refractivity contribution in [3.05, 3.63) is 24.3 Å². The third-order valence-electron chi connectivity index (χ3n) is 11.9. The molecule has 358 valence electrons. The van der Waals surface area contributed by atoms with Gasteiger partial charge in [-0.1, -0.05) is 225 Å². The van der Waals surface area contributed by atoms with E-state index in [0.29, 0.717) is 19.3 Å². The Balaban J connectivity index is 4.36. The van der Waals surface area contributed by atoms with Crippen LogP contribution in [0.4, 0.5) is 0 Å². The minimum atomic E-state index is -0.774. The van der Waals surface area contributed by atoms with Gasteiger partial charge in [0.25, 0.3) is 0 Å². The predicted octanol–water partition coefficient (Wildman–Crippen LogP) is 17.5. The first-order chi connectivity index (χ1) is 30.0. The molecule has 1 atom stereocenters. The minimum absolute atomic E-state index is 0.0733. The van der Waals surface area contributed by atoms with Crippen LogP contribution in [0.5, 0.6) is 0 Å². The minimum Gasteiger partial charge on any atom is -0.462 e. The molecule has 0 amide bonds. The Hall–Kier alpha value is -2.11. The van der Waals surface area contributed by atoms with Gasteiger partial charge < -0.3 is 14.2 Å². The highest BCUT2D eigenvalue weighted by Crippen LogP contribution is 2.16. The van der Waals surface area contributed by atoms with E-state index in [1.807, 2.05) is 0 Å². The Kier molecular flexibility index (Phi) is 48.8. The SMILES string of the molecule is CCCCCC/C=C\CCCCCCCC(=O)OC[C@H](COC(=O)CCCCCCCCCCCCCCCCC)OC(=O)CCCCCCC/C=C\CCCCCCCC. The normalized spacial score (nSPS) is 12.1. The van der Waals surface area contributed by atoms with E-state index in [1.54, 1.807) is 0 Å². The molecule has 0 fully saturated rings. The molecule has 0 rings (SSSR count). The summed E-state index contributed by atoms with van der Waals surface area (Å²) in [5.74, 6) is -0.876. The fourth-order valence-electron chi connectivity index (χ4n) is 7.84. The number of rotatable bonds is 49. The lowest BCUT2D eigenvalue weighted by Crippen LogP contribution is -2.30. The Morgan fingerprint density at radius 2 is 0.541 bits per heavy atom. The van der Waals surface area contributed by atoms with Crippen molar-refractivity contribution in [2.24, 2.45) is 0 Å². The zero-order valence-electron chi connectivity index (χ0n) is 40.9. The molecule has 0 saturated carbocycles. The van der Waals surface area contributed by atoms with Crippen molar-refractivity contribution in [2.75, 3.05) is 13.2 Å². The lowest BCUT2D eigenvalue weighted by atomic mass is 10.0. The van der Waals surface area contributed by atoms with Gasteiger partial charge >= 0.3 is 17.9 Å². The maximum absolute atomic E-state index is 12.8. The molecule has 0 aromatic rings. The zero-order valence-corrected chi connectivity index (χ0v) is 40.9. The van der Waals surface area contributed by atoms with Gasteiger partial charge in [-0.15, -0.1) is 0 Å². The number of hydrogen-bond acceptors (Lipinski definition) is 6. The highest BCUT2D eigenvalue weighted by Gasteiger charge is 2.19. The lowest BCUT2D eigenvalue weighted by Gasteiger charge is -2.18. The summed E-state index contributed by atoms with van der Waals surface area (Å²) in [5, 5.41) is 0. The van der Waals surface area contributed by atoms with Crippen LogP contribution in [0.1, 0.15) is 290 Å². The molecule has 0 aliphatic rings. The van der Waals surface area contributed by atoms with Crippen molar-refractivity contribution >= 4 is 17.9 Å². The summed E-state index contributed by atoms with van der Waals surface area (Å²) in [6, 6.07) is 0. The molecule has 0 radical (unpaired) electrons. The molecule has 0 aliphatic carbocycles. The Bertz CT molecular complexity index is 989. The van der Waals surface area contributed by atoms with Crippen molar-refractivity contribution in [1.29, 1.82) is 0 Å². The third kappa shape index (κ3) is 48.8. The van der Waals surface area contributed by atoms with Crippen molar-refractivity contribution < 1.29 is 28.6 Å². The quantitative estimate of drug-likeness (QED) is 0.0262. The van der Waals surface area contributed by atoms with E-state index >= 15 is 0 Å². The Morgan fingerprint density at radius 3 is 0.836 bits per heavy atom. The van der Waals surface area contributed by atoms with E-state index in [1.165, 1.54) is 180 Å². The zero-order chi connectivity index (χ0) is 44.4. The number of hydrogen-bond donors (Lipinski definition) is 0. The third-order valence-corrected chi connectivity index (χ3v) is 11.9. The maximum Gasteiger partial charge on any atom is 0.306 e. The predicted molar refractivity (Wildman–Crippen MR) is 261 cm³/mol. The van der Waals surface area contributed by atoms with Gasteiger partial charge in [-0.2, -0.15) is 0 Å². The molecular formula is C55H102O6. The standard InChI is InChI=1S/C55H102O6/c1-4-7-10-13-16-19-22-25-27-30-33-36-39-42-45-48-54(57)60-51-52(50-59-53(56)47-44-41-38-35-32-29-24-21-18-15-12-9-6-3)61-55(58)49-46-43-40-37-34-31-28-26-23-20-17-14-11-8-5-2/h21,24,26,28,52H,4-20,22-23,25,27,29-51H2,1-3H3/b24-21-,28-26-/t52-/m1/s1. The van der Waals surface area contributed by atoms with E-state index in [9.17, 15) is 14.4 Å². The average Bonchev–Trinajstić information content (AvgIpc) is 3.26. The van der Waals surface area contributed by atoms with E-state index < -0.39 is 6.10 Å². The topological polar surface area (TPSA) is 78.9 Å². The number of allylic oxidation sites excluding steroid dienone is 4. The van der Waals surface area contributed by atoms with Gasteiger partial charge in [0.2, 0.25) is 0 Å². The van der Waals surface area contributed by atoms with Gasteiger partial charge in [0.15, 0.2) is 6.10 Å². The molecular weight excluding hydrogens is 757 g/mol. The summed E-state index contributed by atoms with van der Waals surface area (Å²) in [6.07, 6.45) is 57.3. The summed E-state index contributed by atoms with van der Waals surface area (Å²) in [6.45, 7) is 6.64. The first kappa shape index (κ1) is 58.9. The first-order valence-corrected chi connectivity index (χ1v) is 26.8. The highest BCUT2D eigenvalue weighted by molar-refractivity contribution is 5.71. The number of carbonyl (C=O) groups excluding carboxylic acids is 3. The van der Waals surface area contributed by atoms with Gasteiger partial charge in [-0.3, -0.25) is 14.4 Å². The van der Waals surface area contributed by atoms with Gasteiger partial charge in [-0.05, 0) is 70.6 Å². The highest BCUT2D eigenvalue weighted by atomic mass is 16.6. The van der Waals surface area contributed by atoms with Crippen LogP contribution in [0.2, 0.25) is 0 Å². The summed E-state index contributed by atoms with van der Waals surface area (Å²) in [5.41, 5.74) is 0. The summed E-state index contributed by atoms with van der Waals surface area (Å²) < 4.78 is 16.8. The molecule has 0 spiro atoms. The van der Waals surface area contributed by atoms with E-state index in [0.717, 1.165) is 70.6 Å². The monoisotopic (exact) mass is 859 g/mol. The second-order valence-electron chi connectivity index (χ2n) is 18.1.